The second-order valence-corrected chi connectivity index (χ2v) is 19.9. The molecule has 0 radical (unpaired) electrons. The Morgan fingerprint density at radius 1 is 0.887 bits per heavy atom. The predicted octanol–water partition coefficient (Wildman–Crippen LogP) is 7.26. The molecule has 16 nitrogen and oxygen atoms in total. The van der Waals surface area contributed by atoms with Crippen LogP contribution in [0.1, 0.15) is 72.2 Å². The lowest BCUT2D eigenvalue weighted by Gasteiger charge is -2.35. The summed E-state index contributed by atoms with van der Waals surface area (Å²) in [5, 5.41) is 22.0. The van der Waals surface area contributed by atoms with E-state index in [2.05, 4.69) is 43.5 Å². The van der Waals surface area contributed by atoms with Crippen molar-refractivity contribution in [1.29, 1.82) is 0 Å². The van der Waals surface area contributed by atoms with Gasteiger partial charge in [-0.3, -0.25) is 19.2 Å². The molecule has 0 saturated carbocycles. The molecule has 1 aliphatic rings. The molecule has 3 aromatic heterocycles. The van der Waals surface area contributed by atoms with Crippen LogP contribution in [-0.2, 0) is 36.9 Å². The van der Waals surface area contributed by atoms with Gasteiger partial charge in [0.25, 0.3) is 0 Å². The summed E-state index contributed by atoms with van der Waals surface area (Å²) in [5.41, 5.74) is 15.6. The minimum absolute atomic E-state index is 0.0239. The zero-order valence-corrected chi connectivity index (χ0v) is 41.8. The van der Waals surface area contributed by atoms with Crippen molar-refractivity contribution >= 4 is 56.8 Å². The molecule has 8 rings (SSSR count). The Labute approximate surface area is 416 Å². The summed E-state index contributed by atoms with van der Waals surface area (Å²) in [5.74, 6) is -0.605. The molecular formula is C54H61N7O9S. The van der Waals surface area contributed by atoms with Crippen molar-refractivity contribution in [2.75, 3.05) is 39.6 Å². The molecular weight excluding hydrogens is 923 g/mol. The van der Waals surface area contributed by atoms with E-state index in [1.165, 1.54) is 4.90 Å². The highest BCUT2D eigenvalue weighted by Crippen LogP contribution is 2.39. The van der Waals surface area contributed by atoms with Gasteiger partial charge in [0.2, 0.25) is 23.6 Å². The lowest BCUT2D eigenvalue weighted by Crippen LogP contribution is -2.58. The number of nitrogens with zero attached hydrogens (tertiary/aromatic N) is 4. The van der Waals surface area contributed by atoms with Gasteiger partial charge in [0.05, 0.1) is 40.0 Å². The maximum absolute atomic E-state index is 14.0. The number of β-amino-alcohol motifs (C(OH)–C–C–N with tert-alkyl or cyclic N) is 1. The third-order valence-electron chi connectivity index (χ3n) is 12.7. The first-order valence-corrected chi connectivity index (χ1v) is 24.7. The van der Waals surface area contributed by atoms with Crippen LogP contribution in [0.4, 0.5) is 0 Å². The number of ether oxygens (including phenoxy) is 3. The van der Waals surface area contributed by atoms with Gasteiger partial charge in [0.15, 0.2) is 0 Å². The quantitative estimate of drug-likeness (QED) is 0.0558. The Morgan fingerprint density at radius 3 is 2.34 bits per heavy atom. The minimum Gasteiger partial charge on any atom is -0.491 e. The molecule has 1 fully saturated rings. The highest BCUT2D eigenvalue weighted by molar-refractivity contribution is 7.13. The Hall–Kier alpha value is -6.92. The van der Waals surface area contributed by atoms with Crippen LogP contribution >= 0.6 is 11.3 Å². The summed E-state index contributed by atoms with van der Waals surface area (Å²) in [7, 11) is 0. The van der Waals surface area contributed by atoms with Gasteiger partial charge in [-0.2, -0.15) is 0 Å². The number of thiazole rings is 1. The predicted molar refractivity (Wildman–Crippen MR) is 272 cm³/mol. The summed E-state index contributed by atoms with van der Waals surface area (Å²) in [6, 6.07) is 25.8. The van der Waals surface area contributed by atoms with E-state index < -0.39 is 41.3 Å². The molecule has 7 aromatic rings. The van der Waals surface area contributed by atoms with Crippen LogP contribution in [0, 0.1) is 26.2 Å². The number of hydrogen-bond acceptors (Lipinski definition) is 12. The number of aliphatic hydroxyl groups excluding tert-OH is 1. The first-order valence-electron chi connectivity index (χ1n) is 23.8. The molecule has 372 valence electrons. The van der Waals surface area contributed by atoms with Crippen molar-refractivity contribution in [3.8, 4) is 27.3 Å². The maximum Gasteiger partial charge on any atom is 0.249 e. The van der Waals surface area contributed by atoms with Crippen molar-refractivity contribution in [2.24, 2.45) is 11.1 Å². The summed E-state index contributed by atoms with van der Waals surface area (Å²) in [6.07, 6.45) is -0.285. The van der Waals surface area contributed by atoms with Crippen molar-refractivity contribution < 1.29 is 43.0 Å². The number of fused-ring (bicyclic) bond motifs is 3. The van der Waals surface area contributed by atoms with E-state index in [0.717, 1.165) is 60.2 Å². The first-order chi connectivity index (χ1) is 34.1. The van der Waals surface area contributed by atoms with Crippen LogP contribution in [0.2, 0.25) is 0 Å². The van der Waals surface area contributed by atoms with E-state index in [4.69, 9.17) is 24.5 Å². The van der Waals surface area contributed by atoms with E-state index in [-0.39, 0.29) is 45.2 Å². The number of primary amides is 1. The molecule has 71 heavy (non-hydrogen) atoms. The molecule has 5 N–H and O–H groups in total. The van der Waals surface area contributed by atoms with Crippen molar-refractivity contribution in [3.63, 3.8) is 0 Å². The van der Waals surface area contributed by atoms with Gasteiger partial charge < -0.3 is 49.7 Å². The van der Waals surface area contributed by atoms with Crippen molar-refractivity contribution in [1.82, 2.24) is 30.2 Å². The molecule has 17 heteroatoms. The van der Waals surface area contributed by atoms with Crippen LogP contribution < -0.4 is 21.1 Å². The second-order valence-electron chi connectivity index (χ2n) is 19.0. The number of nitrogens with two attached hydrogens (primary N) is 1. The molecule has 0 spiro atoms. The largest absolute Gasteiger partial charge is 0.491 e. The fourth-order valence-electron chi connectivity index (χ4n) is 9.19. The zero-order valence-electron chi connectivity index (χ0n) is 41.0. The summed E-state index contributed by atoms with van der Waals surface area (Å²) >= 11 is 1.57. The number of benzene rings is 4. The molecule has 3 atom stereocenters. The third-order valence-corrected chi connectivity index (χ3v) is 13.7. The molecule has 4 aromatic carbocycles. The van der Waals surface area contributed by atoms with Crippen molar-refractivity contribution in [2.45, 2.75) is 85.7 Å². The normalized spacial score (nSPS) is 15.3. The van der Waals surface area contributed by atoms with Crippen LogP contribution in [0.5, 0.6) is 5.75 Å². The average molecular weight is 984 g/mol. The Morgan fingerprint density at radius 2 is 1.65 bits per heavy atom. The van der Waals surface area contributed by atoms with Crippen LogP contribution in [0.15, 0.2) is 95.0 Å². The second kappa shape index (κ2) is 22.0. The number of likely N-dealkylation sites (tertiary alicyclic amines) is 1. The summed E-state index contributed by atoms with van der Waals surface area (Å²) in [6.45, 7) is 12.8. The van der Waals surface area contributed by atoms with E-state index in [1.54, 1.807) is 17.4 Å². The lowest BCUT2D eigenvalue weighted by molar-refractivity contribution is -0.144. The van der Waals surface area contributed by atoms with Gasteiger partial charge in [0, 0.05) is 66.7 Å². The van der Waals surface area contributed by atoms with Gasteiger partial charge in [-0.25, -0.2) is 4.98 Å². The van der Waals surface area contributed by atoms with E-state index in [9.17, 15) is 24.3 Å². The maximum atomic E-state index is 14.0. The van der Waals surface area contributed by atoms with E-state index >= 15 is 0 Å². The fraction of sp³-hybridized carbons (Fsp3) is 0.370. The number of nitrogens with one attached hydrogen (secondary N) is 2. The summed E-state index contributed by atoms with van der Waals surface area (Å²) < 4.78 is 25.3. The number of carbonyl (C=O) groups is 4. The lowest BCUT2D eigenvalue weighted by atomic mass is 9.85. The van der Waals surface area contributed by atoms with Crippen LogP contribution in [-0.4, -0.2) is 106 Å². The Kier molecular flexibility index (Phi) is 15.6. The van der Waals surface area contributed by atoms with Gasteiger partial charge in [-0.05, 0) is 85.2 Å². The highest BCUT2D eigenvalue weighted by Gasteiger charge is 2.44. The topological polar surface area (TPSA) is 213 Å². The molecule has 4 amide bonds. The Bertz CT molecular complexity index is 3010. The number of aromatic nitrogens is 3. The van der Waals surface area contributed by atoms with Crippen LogP contribution in [0.3, 0.4) is 0 Å². The molecule has 4 heterocycles. The number of aliphatic hydroxyl groups is 1. The standard InChI is InChI=1S/C54H61N7O9S/c1-32-47(34(3)70-59-32)38-23-42(51(55)64)48-41-26-40(17-18-43(41)60(44(48)24-38)28-36-11-8-7-9-12-36)69-22-21-67-19-10-20-68-30-46(63)58-50(54(4,5)6)53(66)61-29-39(62)25-45(61)52(65)56-27-35-13-15-37(16-14-35)49-33(2)57-31-71-49/h7-9,11-18,23-24,26,31,39,45,50,62H,10,19-22,25,27-30H2,1-6H3,(H2,55,64)(H,56,65)(H,58,63)/t39-,45+,50?/m1/s1. The average Bonchev–Trinajstić information content (AvgIpc) is 4.12. The zero-order chi connectivity index (χ0) is 50.4. The minimum atomic E-state index is -0.976. The number of carbonyl (C=O) groups excluding carboxylic acids is 4. The van der Waals surface area contributed by atoms with E-state index in [1.807, 2.05) is 108 Å². The SMILES string of the molecule is Cc1ncsc1-c1ccc(CNC(=O)[C@@H]2C[C@@H](O)CN2C(=O)C(NC(=O)COCCCOCCOc2ccc3c(c2)c2c(C(N)=O)cc(-c4c(C)noc4C)cc2n3Cc2ccccc2)C(C)(C)C)cc1. The third kappa shape index (κ3) is 11.7. The molecule has 0 bridgehead atoms. The first kappa shape index (κ1) is 50.5. The van der Waals surface area contributed by atoms with E-state index in [0.29, 0.717) is 48.9 Å². The van der Waals surface area contributed by atoms with Gasteiger partial charge in [-0.15, -0.1) is 11.3 Å². The number of aryl methyl sites for hydroxylation is 3. The molecule has 0 aliphatic carbocycles. The molecule has 1 saturated heterocycles. The number of amides is 4. The molecule has 1 aliphatic heterocycles. The van der Waals surface area contributed by atoms with Gasteiger partial charge in [-0.1, -0.05) is 80.5 Å². The Balaban J connectivity index is 0.809. The summed E-state index contributed by atoms with van der Waals surface area (Å²) in [4.78, 5) is 60.5. The van der Waals surface area contributed by atoms with Crippen molar-refractivity contribution in [3.05, 3.63) is 124 Å². The molecule has 1 unspecified atom stereocenters. The van der Waals surface area contributed by atoms with Gasteiger partial charge >= 0.3 is 0 Å². The van der Waals surface area contributed by atoms with Crippen LogP contribution in [0.25, 0.3) is 43.4 Å². The number of hydrogen-bond donors (Lipinski definition) is 4. The smallest absolute Gasteiger partial charge is 0.249 e. The fourth-order valence-corrected chi connectivity index (χ4v) is 10.0. The van der Waals surface area contributed by atoms with Gasteiger partial charge in [0.1, 0.15) is 36.8 Å². The monoisotopic (exact) mass is 983 g/mol. The number of rotatable bonds is 20. The highest BCUT2D eigenvalue weighted by atomic mass is 32.1.